The van der Waals surface area contributed by atoms with Gasteiger partial charge in [-0.05, 0) is 49.1 Å². The largest absolute Gasteiger partial charge is 0.489 e. The molecule has 0 spiro atoms. The van der Waals surface area contributed by atoms with E-state index in [4.69, 9.17) is 16.3 Å². The lowest BCUT2D eigenvalue weighted by Crippen LogP contribution is -2.11. The SMILES string of the molecule is CCc1n[nH]c(=O)c2c(Cl)cc(-c3cnn(C)c3-c3c(F)ccc(OC4CC4)c3C#N)cc12. The number of nitrogens with zero attached hydrogens (tertiary/aromatic N) is 4. The van der Waals surface area contributed by atoms with Crippen molar-refractivity contribution in [3.63, 3.8) is 0 Å². The van der Waals surface area contributed by atoms with Crippen LogP contribution in [0.3, 0.4) is 0 Å². The van der Waals surface area contributed by atoms with E-state index in [1.54, 1.807) is 25.4 Å². The van der Waals surface area contributed by atoms with Gasteiger partial charge in [-0.25, -0.2) is 9.49 Å². The summed E-state index contributed by atoms with van der Waals surface area (Å²) in [6, 6.07) is 8.35. The summed E-state index contributed by atoms with van der Waals surface area (Å²) in [5.74, 6) is -0.206. The van der Waals surface area contributed by atoms with E-state index in [1.807, 2.05) is 6.92 Å². The van der Waals surface area contributed by atoms with Crippen molar-refractivity contribution in [2.75, 3.05) is 0 Å². The minimum atomic E-state index is -0.557. The molecule has 1 N–H and O–H groups in total. The molecule has 7 nitrogen and oxygen atoms in total. The van der Waals surface area contributed by atoms with Gasteiger partial charge < -0.3 is 4.74 Å². The monoisotopic (exact) mass is 463 g/mol. The van der Waals surface area contributed by atoms with E-state index < -0.39 is 5.82 Å². The molecule has 0 amide bonds. The smallest absolute Gasteiger partial charge is 0.273 e. The van der Waals surface area contributed by atoms with Gasteiger partial charge in [-0.15, -0.1) is 0 Å². The molecule has 2 aromatic heterocycles. The van der Waals surface area contributed by atoms with E-state index in [0.717, 1.165) is 12.8 Å². The number of nitrogens with one attached hydrogen (secondary N) is 1. The van der Waals surface area contributed by atoms with Crippen molar-refractivity contribution in [3.8, 4) is 34.2 Å². The van der Waals surface area contributed by atoms with Gasteiger partial charge in [-0.3, -0.25) is 9.48 Å². The number of benzene rings is 2. The first-order valence-electron chi connectivity index (χ1n) is 10.6. The first-order chi connectivity index (χ1) is 15.9. The fraction of sp³-hybridized carbons (Fsp3) is 0.250. The Labute approximate surface area is 193 Å². The number of ether oxygens (including phenoxy) is 1. The second-order valence-corrected chi connectivity index (χ2v) is 8.40. The highest BCUT2D eigenvalue weighted by atomic mass is 35.5. The lowest BCUT2D eigenvalue weighted by atomic mass is 9.95. The molecule has 2 aromatic carbocycles. The zero-order chi connectivity index (χ0) is 23.3. The van der Waals surface area contributed by atoms with Crippen LogP contribution in [-0.4, -0.2) is 26.1 Å². The van der Waals surface area contributed by atoms with Crippen LogP contribution in [0.15, 0.2) is 35.3 Å². The Morgan fingerprint density at radius 1 is 1.36 bits per heavy atom. The van der Waals surface area contributed by atoms with Gasteiger partial charge in [0.15, 0.2) is 0 Å². The zero-order valence-electron chi connectivity index (χ0n) is 17.9. The van der Waals surface area contributed by atoms with E-state index in [9.17, 15) is 10.1 Å². The molecule has 0 bridgehead atoms. The predicted molar refractivity (Wildman–Crippen MR) is 123 cm³/mol. The van der Waals surface area contributed by atoms with Crippen LogP contribution in [0, 0.1) is 17.1 Å². The average molecular weight is 464 g/mol. The molecule has 1 aliphatic carbocycles. The minimum Gasteiger partial charge on any atom is -0.489 e. The summed E-state index contributed by atoms with van der Waals surface area (Å²) in [7, 11) is 1.68. The second-order valence-electron chi connectivity index (χ2n) is 7.99. The van der Waals surface area contributed by atoms with Crippen molar-refractivity contribution in [1.82, 2.24) is 20.0 Å². The molecule has 0 radical (unpaired) electrons. The molecule has 33 heavy (non-hydrogen) atoms. The van der Waals surface area contributed by atoms with Gasteiger partial charge in [0, 0.05) is 18.0 Å². The number of H-pyrrole nitrogens is 1. The van der Waals surface area contributed by atoms with Gasteiger partial charge in [0.25, 0.3) is 5.56 Å². The van der Waals surface area contributed by atoms with Crippen LogP contribution in [0.4, 0.5) is 4.39 Å². The number of hydrogen-bond donors (Lipinski definition) is 1. The normalized spacial score (nSPS) is 13.3. The summed E-state index contributed by atoms with van der Waals surface area (Å²) in [6.07, 6.45) is 4.06. The molecule has 0 atom stereocenters. The molecule has 1 saturated carbocycles. The van der Waals surface area contributed by atoms with E-state index in [2.05, 4.69) is 21.4 Å². The van der Waals surface area contributed by atoms with E-state index in [-0.39, 0.29) is 27.8 Å². The van der Waals surface area contributed by atoms with Crippen LogP contribution in [0.1, 0.15) is 31.0 Å². The van der Waals surface area contributed by atoms with E-state index in [1.165, 1.54) is 16.8 Å². The number of hydrogen-bond acceptors (Lipinski definition) is 5. The van der Waals surface area contributed by atoms with Crippen LogP contribution < -0.4 is 10.3 Å². The Morgan fingerprint density at radius 3 is 2.85 bits per heavy atom. The quantitative estimate of drug-likeness (QED) is 0.460. The molecule has 166 valence electrons. The molecule has 0 aliphatic heterocycles. The standard InChI is InChI=1S/C24H19ClFN5O2/c1-3-19-14-8-12(9-17(25)21(14)24(32)30-29-19)16-11-28-31(2)23(16)22-15(10-27)20(7-6-18(22)26)33-13-4-5-13/h6-9,11,13H,3-5H2,1-2H3,(H,30,32). The van der Waals surface area contributed by atoms with Gasteiger partial charge in [-0.1, -0.05) is 18.5 Å². The van der Waals surface area contributed by atoms with Crippen molar-refractivity contribution in [3.05, 3.63) is 62.9 Å². The number of nitriles is 1. The highest BCUT2D eigenvalue weighted by molar-refractivity contribution is 6.36. The Hall–Kier alpha value is -3.70. The highest BCUT2D eigenvalue weighted by Gasteiger charge is 2.28. The number of aromatic nitrogens is 4. The Kier molecular flexibility index (Phi) is 5.14. The minimum absolute atomic E-state index is 0.0544. The maximum Gasteiger partial charge on any atom is 0.273 e. The Bertz CT molecular complexity index is 1510. The van der Waals surface area contributed by atoms with Gasteiger partial charge in [-0.2, -0.15) is 15.5 Å². The van der Waals surface area contributed by atoms with Crippen molar-refractivity contribution in [1.29, 1.82) is 5.26 Å². The van der Waals surface area contributed by atoms with E-state index >= 15 is 4.39 Å². The third-order valence-electron chi connectivity index (χ3n) is 5.79. The molecule has 5 rings (SSSR count). The molecule has 1 aliphatic rings. The zero-order valence-corrected chi connectivity index (χ0v) is 18.7. The van der Waals surface area contributed by atoms with Crippen LogP contribution in [0.5, 0.6) is 5.75 Å². The fourth-order valence-electron chi connectivity index (χ4n) is 4.03. The summed E-state index contributed by atoms with van der Waals surface area (Å²) >= 11 is 6.51. The van der Waals surface area contributed by atoms with Gasteiger partial charge in [0.05, 0.1) is 39.7 Å². The van der Waals surface area contributed by atoms with Crippen LogP contribution in [0.2, 0.25) is 5.02 Å². The maximum absolute atomic E-state index is 15.2. The number of aromatic amines is 1. The molecule has 4 aromatic rings. The summed E-state index contributed by atoms with van der Waals surface area (Å²) in [4.78, 5) is 12.3. The van der Waals surface area contributed by atoms with Gasteiger partial charge in [0.1, 0.15) is 23.2 Å². The third kappa shape index (κ3) is 3.55. The first-order valence-corrected chi connectivity index (χ1v) is 10.9. The molecule has 1 fully saturated rings. The van der Waals surface area contributed by atoms with Crippen LogP contribution in [-0.2, 0) is 13.5 Å². The van der Waals surface area contributed by atoms with Crippen molar-refractivity contribution < 1.29 is 9.13 Å². The fourth-order valence-corrected chi connectivity index (χ4v) is 4.34. The average Bonchev–Trinajstić information content (AvgIpc) is 3.54. The summed E-state index contributed by atoms with van der Waals surface area (Å²) in [5.41, 5.74) is 2.15. The van der Waals surface area contributed by atoms with Gasteiger partial charge in [0.2, 0.25) is 0 Å². The lowest BCUT2D eigenvalue weighted by Gasteiger charge is -2.14. The van der Waals surface area contributed by atoms with Crippen LogP contribution in [0.25, 0.3) is 33.2 Å². The molecule has 9 heteroatoms. The van der Waals surface area contributed by atoms with Crippen molar-refractivity contribution in [2.45, 2.75) is 32.3 Å². The Morgan fingerprint density at radius 2 is 2.15 bits per heavy atom. The topological polar surface area (TPSA) is 96.6 Å². The number of aryl methyl sites for hydroxylation is 2. The summed E-state index contributed by atoms with van der Waals surface area (Å²) < 4.78 is 22.6. The summed E-state index contributed by atoms with van der Waals surface area (Å²) in [6.45, 7) is 1.93. The van der Waals surface area contributed by atoms with E-state index in [0.29, 0.717) is 45.5 Å². The Balaban J connectivity index is 1.77. The third-order valence-corrected chi connectivity index (χ3v) is 6.09. The number of halogens is 2. The van der Waals surface area contributed by atoms with Crippen LogP contribution >= 0.6 is 11.6 Å². The highest BCUT2D eigenvalue weighted by Crippen LogP contribution is 2.41. The molecule has 2 heterocycles. The van der Waals surface area contributed by atoms with Gasteiger partial charge >= 0.3 is 0 Å². The molecule has 0 unspecified atom stereocenters. The summed E-state index contributed by atoms with van der Waals surface area (Å²) in [5, 5.41) is 22.1. The van der Waals surface area contributed by atoms with Crippen molar-refractivity contribution >= 4 is 22.4 Å². The molecular formula is C24H19ClFN5O2. The second kappa shape index (κ2) is 8.01. The maximum atomic E-state index is 15.2. The number of fused-ring (bicyclic) bond motifs is 1. The predicted octanol–water partition coefficient (Wildman–Crippen LogP) is 4.76. The molecular weight excluding hydrogens is 445 g/mol. The first kappa shape index (κ1) is 21.2. The van der Waals surface area contributed by atoms with Crippen molar-refractivity contribution in [2.24, 2.45) is 7.05 Å². The lowest BCUT2D eigenvalue weighted by molar-refractivity contribution is 0.302. The number of rotatable bonds is 5. The molecule has 0 saturated heterocycles.